The Morgan fingerprint density at radius 1 is 1.41 bits per heavy atom. The lowest BCUT2D eigenvalue weighted by atomic mass is 10.1. The number of carbonyl (C=O) groups excluding carboxylic acids is 1. The third kappa shape index (κ3) is 9.00. The maximum absolute atomic E-state index is 11.8. The van der Waals surface area contributed by atoms with Crippen molar-refractivity contribution in [3.05, 3.63) is 0 Å². The lowest BCUT2D eigenvalue weighted by Gasteiger charge is -2.16. The number of carbonyl (C=O) groups is 1. The van der Waals surface area contributed by atoms with Gasteiger partial charge in [-0.25, -0.2) is 8.78 Å². The number of hydrogen-bond donors (Lipinski definition) is 1. The van der Waals surface area contributed by atoms with Gasteiger partial charge in [-0.1, -0.05) is 19.8 Å². The molecule has 0 aromatic rings. The zero-order valence-corrected chi connectivity index (χ0v) is 10.4. The predicted octanol–water partition coefficient (Wildman–Crippen LogP) is 1.59. The Hall–Kier alpha value is -0.750. The second-order valence-electron chi connectivity index (χ2n) is 3.64. The van der Waals surface area contributed by atoms with Crippen LogP contribution < -0.4 is 5.32 Å². The van der Waals surface area contributed by atoms with E-state index in [1.807, 2.05) is 6.92 Å². The summed E-state index contributed by atoms with van der Waals surface area (Å²) < 4.78 is 32.8. The van der Waals surface area contributed by atoms with Crippen LogP contribution in [0.5, 0.6) is 0 Å². The highest BCUT2D eigenvalue weighted by molar-refractivity contribution is 5.75. The molecule has 0 aliphatic heterocycles. The fourth-order valence-electron chi connectivity index (χ4n) is 1.33. The molecule has 6 heteroatoms. The fraction of sp³-hybridized carbons (Fsp3) is 0.909. The van der Waals surface area contributed by atoms with Crippen molar-refractivity contribution in [1.29, 1.82) is 0 Å². The number of hydrogen-bond acceptors (Lipinski definition) is 4. The molecule has 1 unspecified atom stereocenters. The minimum atomic E-state index is -2.45. The number of rotatable bonds is 10. The van der Waals surface area contributed by atoms with E-state index in [9.17, 15) is 13.6 Å². The molecule has 0 rings (SSSR count). The number of methoxy groups -OCH3 is 1. The van der Waals surface area contributed by atoms with E-state index < -0.39 is 13.0 Å². The van der Waals surface area contributed by atoms with Gasteiger partial charge in [0.2, 0.25) is 0 Å². The van der Waals surface area contributed by atoms with Crippen LogP contribution in [0.2, 0.25) is 0 Å². The first-order valence-electron chi connectivity index (χ1n) is 5.78. The smallest absolute Gasteiger partial charge is 0.322 e. The van der Waals surface area contributed by atoms with E-state index in [1.54, 1.807) is 0 Å². The van der Waals surface area contributed by atoms with Crippen molar-refractivity contribution in [2.75, 3.05) is 26.9 Å². The Labute approximate surface area is 101 Å². The van der Waals surface area contributed by atoms with Gasteiger partial charge in [0.15, 0.2) is 0 Å². The van der Waals surface area contributed by atoms with Crippen molar-refractivity contribution in [3.63, 3.8) is 0 Å². The standard InChI is InChI=1S/C11H21F2NO3/c1-3-4-5-9(11(15)16-2)14-6-7-17-8-10(12)13/h9-10,14H,3-8H2,1-2H3. The first-order chi connectivity index (χ1) is 8.11. The van der Waals surface area contributed by atoms with E-state index in [1.165, 1.54) is 7.11 Å². The first-order valence-corrected chi connectivity index (χ1v) is 5.78. The van der Waals surface area contributed by atoms with E-state index in [-0.39, 0.29) is 18.6 Å². The summed E-state index contributed by atoms with van der Waals surface area (Å²) in [6.07, 6.45) is 0.117. The number of alkyl halides is 2. The lowest BCUT2D eigenvalue weighted by Crippen LogP contribution is -2.39. The van der Waals surface area contributed by atoms with Crippen molar-refractivity contribution in [2.45, 2.75) is 38.7 Å². The van der Waals surface area contributed by atoms with Gasteiger partial charge in [0, 0.05) is 6.54 Å². The Morgan fingerprint density at radius 2 is 2.12 bits per heavy atom. The Morgan fingerprint density at radius 3 is 2.65 bits per heavy atom. The van der Waals surface area contributed by atoms with Gasteiger partial charge in [-0.05, 0) is 6.42 Å². The summed E-state index contributed by atoms with van der Waals surface area (Å²) >= 11 is 0. The zero-order valence-electron chi connectivity index (χ0n) is 10.4. The topological polar surface area (TPSA) is 47.6 Å². The largest absolute Gasteiger partial charge is 0.468 e. The van der Waals surface area contributed by atoms with Crippen LogP contribution in [0, 0.1) is 0 Å². The van der Waals surface area contributed by atoms with Gasteiger partial charge < -0.3 is 14.8 Å². The monoisotopic (exact) mass is 253 g/mol. The van der Waals surface area contributed by atoms with Crippen LogP contribution in [0.3, 0.4) is 0 Å². The number of ether oxygens (including phenoxy) is 2. The van der Waals surface area contributed by atoms with Crippen molar-refractivity contribution in [1.82, 2.24) is 5.32 Å². The molecule has 0 fully saturated rings. The normalized spacial score (nSPS) is 12.8. The lowest BCUT2D eigenvalue weighted by molar-refractivity contribution is -0.143. The molecule has 0 bridgehead atoms. The highest BCUT2D eigenvalue weighted by Crippen LogP contribution is 2.02. The molecule has 0 aliphatic carbocycles. The molecule has 1 atom stereocenters. The Kier molecular flexibility index (Phi) is 9.95. The van der Waals surface area contributed by atoms with E-state index in [4.69, 9.17) is 4.74 Å². The summed E-state index contributed by atoms with van der Waals surface area (Å²) in [6, 6.07) is -0.380. The summed E-state index contributed by atoms with van der Waals surface area (Å²) in [7, 11) is 1.33. The molecular formula is C11H21F2NO3. The Balaban J connectivity index is 3.71. The van der Waals surface area contributed by atoms with Gasteiger partial charge in [-0.2, -0.15) is 0 Å². The quantitative estimate of drug-likeness (QED) is 0.474. The molecule has 1 N–H and O–H groups in total. The molecule has 17 heavy (non-hydrogen) atoms. The zero-order chi connectivity index (χ0) is 13.1. The average Bonchev–Trinajstić information content (AvgIpc) is 2.31. The number of unbranched alkanes of at least 4 members (excludes halogenated alkanes) is 1. The summed E-state index contributed by atoms with van der Waals surface area (Å²) in [5, 5.41) is 2.93. The van der Waals surface area contributed by atoms with Crippen molar-refractivity contribution in [3.8, 4) is 0 Å². The number of nitrogens with one attached hydrogen (secondary N) is 1. The molecule has 102 valence electrons. The first kappa shape index (κ1) is 16.2. The number of halogens is 2. The van der Waals surface area contributed by atoms with E-state index in [2.05, 4.69) is 10.1 Å². The highest BCUT2D eigenvalue weighted by atomic mass is 19.3. The van der Waals surface area contributed by atoms with Gasteiger partial charge in [0.05, 0.1) is 13.7 Å². The van der Waals surface area contributed by atoms with E-state index in [0.29, 0.717) is 13.0 Å². The van der Waals surface area contributed by atoms with Gasteiger partial charge in [0.25, 0.3) is 6.43 Å². The number of esters is 1. The summed E-state index contributed by atoms with van der Waals surface area (Å²) in [4.78, 5) is 11.3. The molecule has 4 nitrogen and oxygen atoms in total. The minimum Gasteiger partial charge on any atom is -0.468 e. The van der Waals surface area contributed by atoms with E-state index in [0.717, 1.165) is 12.8 Å². The van der Waals surface area contributed by atoms with Crippen LogP contribution >= 0.6 is 0 Å². The average molecular weight is 253 g/mol. The van der Waals surface area contributed by atoms with E-state index >= 15 is 0 Å². The summed E-state index contributed by atoms with van der Waals surface area (Å²) in [5.41, 5.74) is 0. The molecule has 0 amide bonds. The van der Waals surface area contributed by atoms with Crippen molar-refractivity contribution in [2.24, 2.45) is 0 Å². The molecule has 0 radical (unpaired) electrons. The van der Waals surface area contributed by atoms with Crippen LogP contribution in [-0.2, 0) is 14.3 Å². The molecule has 0 heterocycles. The fourth-order valence-corrected chi connectivity index (χ4v) is 1.33. The maximum atomic E-state index is 11.8. The van der Waals surface area contributed by atoms with Gasteiger partial charge in [0.1, 0.15) is 12.6 Å². The van der Waals surface area contributed by atoms with Gasteiger partial charge in [-0.3, -0.25) is 4.79 Å². The van der Waals surface area contributed by atoms with Gasteiger partial charge in [-0.15, -0.1) is 0 Å². The van der Waals surface area contributed by atoms with Gasteiger partial charge >= 0.3 is 5.97 Å². The van der Waals surface area contributed by atoms with Crippen LogP contribution in [0.4, 0.5) is 8.78 Å². The second-order valence-corrected chi connectivity index (χ2v) is 3.64. The summed E-state index contributed by atoms with van der Waals surface area (Å²) in [6.45, 7) is 1.97. The Bertz CT molecular complexity index is 203. The molecule has 0 aliphatic rings. The molecular weight excluding hydrogens is 232 g/mol. The molecule has 0 aromatic carbocycles. The second kappa shape index (κ2) is 10.4. The molecule has 0 saturated heterocycles. The SMILES string of the molecule is CCCCC(NCCOCC(F)F)C(=O)OC. The minimum absolute atomic E-state index is 0.157. The molecule has 0 spiro atoms. The highest BCUT2D eigenvalue weighted by Gasteiger charge is 2.17. The third-order valence-corrected chi connectivity index (χ3v) is 2.21. The predicted molar refractivity (Wildman–Crippen MR) is 60.2 cm³/mol. The van der Waals surface area contributed by atoms with Crippen molar-refractivity contribution < 1.29 is 23.0 Å². The maximum Gasteiger partial charge on any atom is 0.322 e. The molecule has 0 saturated carbocycles. The molecule has 0 aromatic heterocycles. The van der Waals surface area contributed by atoms with Crippen LogP contribution in [0.25, 0.3) is 0 Å². The summed E-state index contributed by atoms with van der Waals surface area (Å²) in [5.74, 6) is -0.327. The van der Waals surface area contributed by atoms with Crippen LogP contribution in [0.1, 0.15) is 26.2 Å². The van der Waals surface area contributed by atoms with Crippen LogP contribution in [0.15, 0.2) is 0 Å². The van der Waals surface area contributed by atoms with Crippen molar-refractivity contribution >= 4 is 5.97 Å². The van der Waals surface area contributed by atoms with Crippen LogP contribution in [-0.4, -0.2) is 45.3 Å². The third-order valence-electron chi connectivity index (χ3n) is 2.21.